The highest BCUT2D eigenvalue weighted by Gasteiger charge is 2.40. The molecule has 0 heteroatoms. The molecule has 0 nitrogen and oxygen atoms in total. The number of benzene rings is 23. The fraction of sp³-hybridized carbons (Fsp3) is 0.0500. The van der Waals surface area contributed by atoms with Gasteiger partial charge in [0, 0.05) is 10.8 Å². The van der Waals surface area contributed by atoms with Gasteiger partial charge in [0.25, 0.3) is 0 Å². The summed E-state index contributed by atoms with van der Waals surface area (Å²) in [6, 6.07) is 154. The lowest BCUT2D eigenvalue weighted by Gasteiger charge is -2.24. The second-order valence-corrected chi connectivity index (χ2v) is 34.2. The monoisotopic (exact) mass is 1520 g/mol. The van der Waals surface area contributed by atoms with Gasteiger partial charge >= 0.3 is 0 Å². The highest BCUT2D eigenvalue weighted by atomic mass is 14.4. The summed E-state index contributed by atoms with van der Waals surface area (Å²) in [6.07, 6.45) is 0. The Morgan fingerprint density at radius 2 is 0.417 bits per heavy atom. The topological polar surface area (TPSA) is 0 Å². The van der Waals surface area contributed by atoms with Gasteiger partial charge in [0.15, 0.2) is 0 Å². The van der Waals surface area contributed by atoms with Crippen LogP contribution in [0.2, 0.25) is 0 Å². The lowest BCUT2D eigenvalue weighted by atomic mass is 9.79. The van der Waals surface area contributed by atoms with Crippen molar-refractivity contribution >= 4 is 129 Å². The van der Waals surface area contributed by atoms with Crippen LogP contribution in [0.15, 0.2) is 413 Å². The van der Waals surface area contributed by atoms with E-state index in [2.05, 4.69) is 440 Å². The van der Waals surface area contributed by atoms with Gasteiger partial charge in [-0.25, -0.2) is 0 Å². The molecule has 120 heavy (non-hydrogen) atoms. The summed E-state index contributed by atoms with van der Waals surface area (Å²) in [5.41, 5.74) is 28.4. The first kappa shape index (κ1) is 69.5. The van der Waals surface area contributed by atoms with Crippen LogP contribution in [-0.4, -0.2) is 0 Å². The molecule has 0 heterocycles. The summed E-state index contributed by atoms with van der Waals surface area (Å²) in [5.74, 6) is 0. The van der Waals surface area contributed by atoms with Crippen molar-refractivity contribution < 1.29 is 0 Å². The summed E-state index contributed by atoms with van der Waals surface area (Å²) in [7, 11) is 0. The van der Waals surface area contributed by atoms with E-state index in [4.69, 9.17) is 0 Å². The summed E-state index contributed by atoms with van der Waals surface area (Å²) >= 11 is 0. The highest BCUT2D eigenvalue weighted by Crippen LogP contribution is 2.58. The van der Waals surface area contributed by atoms with Gasteiger partial charge in [-0.1, -0.05) is 416 Å². The number of fused-ring (bicyclic) bond motifs is 26. The largest absolute Gasteiger partial charge is 0.0616 e. The minimum absolute atomic E-state index is 0.106. The molecule has 0 fully saturated rings. The Balaban J connectivity index is 0.000000137. The highest BCUT2D eigenvalue weighted by molar-refractivity contribution is 6.27. The van der Waals surface area contributed by atoms with Crippen molar-refractivity contribution in [1.29, 1.82) is 0 Å². The van der Waals surface area contributed by atoms with E-state index < -0.39 is 0 Å². The Labute approximate surface area is 697 Å². The molecule has 0 saturated heterocycles. The van der Waals surface area contributed by atoms with Crippen LogP contribution < -0.4 is 0 Å². The summed E-state index contributed by atoms with van der Waals surface area (Å²) < 4.78 is 0. The molecular weight excluding hydrogens is 1440 g/mol. The molecular formula is C120H80. The Morgan fingerprint density at radius 3 is 0.850 bits per heavy atom. The number of rotatable bonds is 7. The lowest BCUT2D eigenvalue weighted by Crippen LogP contribution is -2.15. The lowest BCUT2D eigenvalue weighted by molar-refractivity contribution is 0.666. The Kier molecular flexibility index (Phi) is 15.6. The third-order valence-corrected chi connectivity index (χ3v) is 27.2. The second-order valence-electron chi connectivity index (χ2n) is 34.2. The summed E-state index contributed by atoms with van der Waals surface area (Å²) in [6.45, 7) is 9.60. The maximum absolute atomic E-state index is 2.45. The number of hydrogen-bond acceptors (Lipinski definition) is 0. The maximum atomic E-state index is 2.45. The second kappa shape index (κ2) is 26.9. The molecule has 0 bridgehead atoms. The van der Waals surface area contributed by atoms with Crippen LogP contribution in [0.1, 0.15) is 49.9 Å². The molecule has 23 aromatic carbocycles. The van der Waals surface area contributed by atoms with Gasteiger partial charge in [-0.3, -0.25) is 0 Å². The van der Waals surface area contributed by atoms with E-state index in [1.165, 1.54) is 252 Å². The fourth-order valence-corrected chi connectivity index (χ4v) is 21.9. The van der Waals surface area contributed by atoms with Crippen LogP contribution >= 0.6 is 0 Å². The van der Waals surface area contributed by atoms with Gasteiger partial charge < -0.3 is 0 Å². The van der Waals surface area contributed by atoms with E-state index in [1.54, 1.807) is 0 Å². The molecule has 2 aliphatic rings. The van der Waals surface area contributed by atoms with Crippen molar-refractivity contribution in [3.05, 3.63) is 435 Å². The Morgan fingerprint density at radius 1 is 0.133 bits per heavy atom. The minimum atomic E-state index is -0.114. The summed E-state index contributed by atoms with van der Waals surface area (Å²) in [4.78, 5) is 0. The van der Waals surface area contributed by atoms with Crippen LogP contribution in [0.25, 0.3) is 229 Å². The molecule has 0 aliphatic heterocycles. The Bertz CT molecular complexity index is 8200. The van der Waals surface area contributed by atoms with Gasteiger partial charge in [-0.15, -0.1) is 0 Å². The zero-order valence-corrected chi connectivity index (χ0v) is 67.3. The van der Waals surface area contributed by atoms with E-state index in [1.807, 2.05) is 0 Å². The first-order valence-electron chi connectivity index (χ1n) is 42.3. The van der Waals surface area contributed by atoms with Crippen molar-refractivity contribution in [3.8, 4) is 100 Å². The van der Waals surface area contributed by atoms with Crippen molar-refractivity contribution in [2.75, 3.05) is 0 Å². The quantitative estimate of drug-likeness (QED) is 0.110. The smallest absolute Gasteiger partial charge is 0.0165 e. The minimum Gasteiger partial charge on any atom is -0.0616 e. The fourth-order valence-electron chi connectivity index (χ4n) is 21.9. The molecule has 2 aliphatic carbocycles. The van der Waals surface area contributed by atoms with Crippen molar-refractivity contribution in [3.63, 3.8) is 0 Å². The van der Waals surface area contributed by atoms with Gasteiger partial charge in [0.2, 0.25) is 0 Å². The predicted octanol–water partition coefficient (Wildman–Crippen LogP) is 33.5. The number of hydrogen-bond donors (Lipinski definition) is 0. The van der Waals surface area contributed by atoms with Crippen molar-refractivity contribution in [1.82, 2.24) is 0 Å². The molecule has 0 radical (unpaired) electrons. The molecule has 25 rings (SSSR count). The molecule has 0 spiro atoms. The van der Waals surface area contributed by atoms with Crippen LogP contribution in [0.4, 0.5) is 0 Å². The molecule has 0 aromatic heterocycles. The zero-order valence-electron chi connectivity index (χ0n) is 67.3. The van der Waals surface area contributed by atoms with Crippen LogP contribution in [-0.2, 0) is 10.8 Å². The average molecular weight is 1520 g/mol. The van der Waals surface area contributed by atoms with Gasteiger partial charge in [-0.05, 0) is 276 Å². The molecule has 0 unspecified atom stereocenters. The van der Waals surface area contributed by atoms with E-state index in [9.17, 15) is 0 Å². The van der Waals surface area contributed by atoms with E-state index in [-0.39, 0.29) is 10.8 Å². The van der Waals surface area contributed by atoms with E-state index >= 15 is 0 Å². The zero-order chi connectivity index (χ0) is 79.6. The van der Waals surface area contributed by atoms with Crippen LogP contribution in [0.3, 0.4) is 0 Å². The molecule has 0 amide bonds. The van der Waals surface area contributed by atoms with Crippen LogP contribution in [0.5, 0.6) is 0 Å². The van der Waals surface area contributed by atoms with Gasteiger partial charge in [-0.2, -0.15) is 0 Å². The first-order chi connectivity index (χ1) is 59.1. The molecule has 0 atom stereocenters. The SMILES string of the molecule is CC1(C)c2ccc(-c3ccc(-c4c5ccccc5c(-c5cccc(-c6cc7ccccc7c7ccccc67)c5)c5ccccc45)cc3)cc2-c2c1c1ccccc1c1ccccc21.CC1(C)c2ccc(-c3ccc(-c4c5ccccc5c(-c5cccc6c5ccc5ccccc56)c5ccccc45)cc3)cc2-c2c1c1ccccc1c1ccccc21. The van der Waals surface area contributed by atoms with Crippen molar-refractivity contribution in [2.24, 2.45) is 0 Å². The Hall–Kier alpha value is -14.8. The third-order valence-electron chi connectivity index (χ3n) is 27.2. The van der Waals surface area contributed by atoms with Gasteiger partial charge in [0.1, 0.15) is 0 Å². The van der Waals surface area contributed by atoms with Crippen LogP contribution in [0, 0.1) is 0 Å². The van der Waals surface area contributed by atoms with Crippen molar-refractivity contribution in [2.45, 2.75) is 38.5 Å². The molecule has 0 saturated carbocycles. The van der Waals surface area contributed by atoms with E-state index in [0.717, 1.165) is 0 Å². The summed E-state index contributed by atoms with van der Waals surface area (Å²) in [5, 5.41) is 31.1. The third kappa shape index (κ3) is 10.4. The van der Waals surface area contributed by atoms with Gasteiger partial charge in [0.05, 0.1) is 0 Å². The molecule has 560 valence electrons. The predicted molar refractivity (Wildman–Crippen MR) is 516 cm³/mol. The van der Waals surface area contributed by atoms with E-state index in [0.29, 0.717) is 0 Å². The molecule has 0 N–H and O–H groups in total. The normalized spacial score (nSPS) is 13.1. The standard InChI is InChI=1S/C63H42.C57H38/c1-63(2)58-35-34-41(37-57(58)61-50-24-9-7-21-47(50)48-22-8-14-29-55(48)62(61)63)39-30-32-40(33-31-39)59-51-25-10-12-27-53(51)60(54-28-13-11-26-52(54)59)44-18-15-17-42(36-44)56-38-43-16-3-4-19-45(43)46-20-5-6-23-49(46)56;1-57(2)52-33-31-38(34-51(52)55-45-18-7-5-16-41(45)42-17-6-12-23-50(42)56(55)57)35-26-28-37(29-27-35)53-46-19-8-10-21-48(46)54(49-22-11-9-20-47(49)53)44-25-13-24-40-39-15-4-3-14-36(39)30-32-43(40)44/h3-38H,1-2H3;3-34H,1-2H3. The average Bonchev–Trinajstić information content (AvgIpc) is 1.50. The molecule has 23 aromatic rings. The maximum Gasteiger partial charge on any atom is 0.0165 e. The first-order valence-corrected chi connectivity index (χ1v) is 42.3.